The van der Waals surface area contributed by atoms with Gasteiger partial charge in [0.1, 0.15) is 11.1 Å². The van der Waals surface area contributed by atoms with Crippen LogP contribution in [0.2, 0.25) is 0 Å². The van der Waals surface area contributed by atoms with E-state index in [4.69, 9.17) is 9.15 Å². The van der Waals surface area contributed by atoms with Crippen molar-refractivity contribution in [3.63, 3.8) is 0 Å². The number of carbonyl (C=O) groups excluding carboxylic acids is 2. The first-order valence-electron chi connectivity index (χ1n) is 8.34. The van der Waals surface area contributed by atoms with E-state index < -0.39 is 24.0 Å². The number of ether oxygens (including phenoxy) is 1. The lowest BCUT2D eigenvalue weighted by atomic mass is 10.1. The van der Waals surface area contributed by atoms with E-state index in [-0.39, 0.29) is 5.56 Å². The quantitative estimate of drug-likeness (QED) is 0.239. The third kappa shape index (κ3) is 3.35. The molecule has 0 N–H and O–H groups in total. The zero-order valence-corrected chi connectivity index (χ0v) is 14.2. The van der Waals surface area contributed by atoms with E-state index in [1.54, 1.807) is 36.4 Å². The molecule has 5 heteroatoms. The smallest absolute Gasteiger partial charge is 0.347 e. The summed E-state index contributed by atoms with van der Waals surface area (Å²) >= 11 is 0. The zero-order valence-electron chi connectivity index (χ0n) is 14.2. The fraction of sp³-hybridized carbons (Fsp3) is 0.0455. The number of hydrogen-bond donors (Lipinski definition) is 0. The first-order valence-corrected chi connectivity index (χ1v) is 8.34. The standard InChI is InChI=1S/C22H14O5/c23-19(13-26-21(24)14-6-2-1-3-7-14)18-11-17-10-15-8-4-5-9-16(15)12-20(17)27-22(18)25/h1-12H,13H2. The van der Waals surface area contributed by atoms with Crippen LogP contribution in [0.1, 0.15) is 20.7 Å². The fourth-order valence-corrected chi connectivity index (χ4v) is 2.87. The van der Waals surface area contributed by atoms with E-state index in [1.165, 1.54) is 6.07 Å². The zero-order chi connectivity index (χ0) is 18.8. The van der Waals surface area contributed by atoms with Crippen LogP contribution in [0.25, 0.3) is 21.7 Å². The van der Waals surface area contributed by atoms with Gasteiger partial charge in [-0.25, -0.2) is 9.59 Å². The van der Waals surface area contributed by atoms with Crippen LogP contribution in [-0.4, -0.2) is 18.4 Å². The normalized spacial score (nSPS) is 10.8. The van der Waals surface area contributed by atoms with E-state index in [9.17, 15) is 14.4 Å². The van der Waals surface area contributed by atoms with E-state index in [0.29, 0.717) is 16.5 Å². The summed E-state index contributed by atoms with van der Waals surface area (Å²) < 4.78 is 10.3. The van der Waals surface area contributed by atoms with Crippen LogP contribution in [-0.2, 0) is 4.74 Å². The van der Waals surface area contributed by atoms with Crippen LogP contribution in [0.4, 0.5) is 0 Å². The largest absolute Gasteiger partial charge is 0.454 e. The van der Waals surface area contributed by atoms with Crippen molar-refractivity contribution in [2.45, 2.75) is 0 Å². The molecule has 0 atom stereocenters. The molecule has 0 spiro atoms. The maximum absolute atomic E-state index is 12.4. The molecule has 0 aliphatic carbocycles. The highest BCUT2D eigenvalue weighted by Crippen LogP contribution is 2.22. The van der Waals surface area contributed by atoms with Crippen LogP contribution >= 0.6 is 0 Å². The van der Waals surface area contributed by atoms with Crippen LogP contribution in [0, 0.1) is 0 Å². The Hall–Kier alpha value is -3.73. The van der Waals surface area contributed by atoms with Crippen LogP contribution < -0.4 is 5.63 Å². The van der Waals surface area contributed by atoms with Crippen LogP contribution in [0.3, 0.4) is 0 Å². The molecule has 27 heavy (non-hydrogen) atoms. The Kier molecular flexibility index (Phi) is 4.26. The molecule has 3 aromatic carbocycles. The molecule has 5 nitrogen and oxygen atoms in total. The molecule has 0 saturated carbocycles. The number of fused-ring (bicyclic) bond motifs is 2. The Morgan fingerprint density at radius 2 is 1.48 bits per heavy atom. The average Bonchev–Trinajstić information content (AvgIpc) is 2.70. The van der Waals surface area contributed by atoms with Gasteiger partial charge >= 0.3 is 11.6 Å². The molecule has 4 rings (SSSR count). The van der Waals surface area contributed by atoms with Crippen molar-refractivity contribution in [3.05, 3.63) is 94.3 Å². The second-order valence-electron chi connectivity index (χ2n) is 6.05. The minimum atomic E-state index is -0.751. The van der Waals surface area contributed by atoms with Gasteiger partial charge in [0.05, 0.1) is 5.56 Å². The summed E-state index contributed by atoms with van der Waals surface area (Å²) in [5.74, 6) is -1.23. The fourth-order valence-electron chi connectivity index (χ4n) is 2.87. The summed E-state index contributed by atoms with van der Waals surface area (Å²) in [5, 5.41) is 2.53. The molecule has 0 amide bonds. The van der Waals surface area contributed by atoms with Gasteiger partial charge in [-0.05, 0) is 41.1 Å². The lowest BCUT2D eigenvalue weighted by Gasteiger charge is -2.05. The molecular formula is C22H14O5. The van der Waals surface area contributed by atoms with Gasteiger partial charge in [0.25, 0.3) is 0 Å². The highest BCUT2D eigenvalue weighted by atomic mass is 16.5. The Labute approximate surface area is 153 Å². The van der Waals surface area contributed by atoms with Crippen molar-refractivity contribution < 1.29 is 18.7 Å². The van der Waals surface area contributed by atoms with Gasteiger partial charge < -0.3 is 9.15 Å². The minimum Gasteiger partial charge on any atom is -0.454 e. The summed E-state index contributed by atoms with van der Waals surface area (Å²) in [6, 6.07) is 21.1. The molecule has 0 bridgehead atoms. The number of benzene rings is 3. The van der Waals surface area contributed by atoms with Crippen molar-refractivity contribution in [2.24, 2.45) is 0 Å². The van der Waals surface area contributed by atoms with Gasteiger partial charge in [-0.2, -0.15) is 0 Å². The Bertz CT molecular complexity index is 1220. The van der Waals surface area contributed by atoms with Crippen molar-refractivity contribution in [1.29, 1.82) is 0 Å². The van der Waals surface area contributed by atoms with Gasteiger partial charge in [-0.1, -0.05) is 42.5 Å². The summed E-state index contributed by atoms with van der Waals surface area (Å²) in [6.07, 6.45) is 0. The molecule has 0 fully saturated rings. The highest BCUT2D eigenvalue weighted by molar-refractivity contribution is 6.02. The maximum atomic E-state index is 12.4. The minimum absolute atomic E-state index is 0.140. The highest BCUT2D eigenvalue weighted by Gasteiger charge is 2.17. The Morgan fingerprint density at radius 1 is 0.815 bits per heavy atom. The predicted molar refractivity (Wildman–Crippen MR) is 101 cm³/mol. The third-order valence-corrected chi connectivity index (χ3v) is 4.24. The molecule has 1 heterocycles. The van der Waals surface area contributed by atoms with Crippen LogP contribution in [0.15, 0.2) is 82.0 Å². The lowest BCUT2D eigenvalue weighted by Crippen LogP contribution is -2.20. The number of ketones is 1. The van der Waals surface area contributed by atoms with Crippen molar-refractivity contribution in [3.8, 4) is 0 Å². The number of esters is 1. The molecule has 132 valence electrons. The molecule has 4 aromatic rings. The van der Waals surface area contributed by atoms with Gasteiger partial charge in [0.15, 0.2) is 6.61 Å². The van der Waals surface area contributed by atoms with Gasteiger partial charge in [0.2, 0.25) is 5.78 Å². The SMILES string of the molecule is O=C(OCC(=O)c1cc2cc3ccccc3cc2oc1=O)c1ccccc1. The third-order valence-electron chi connectivity index (χ3n) is 4.24. The Balaban J connectivity index is 1.61. The second kappa shape index (κ2) is 6.88. The van der Waals surface area contributed by atoms with Crippen molar-refractivity contribution >= 4 is 33.5 Å². The summed E-state index contributed by atoms with van der Waals surface area (Å²) in [7, 11) is 0. The van der Waals surface area contributed by atoms with Crippen LogP contribution in [0.5, 0.6) is 0 Å². The maximum Gasteiger partial charge on any atom is 0.347 e. The average molecular weight is 358 g/mol. The molecule has 1 aromatic heterocycles. The van der Waals surface area contributed by atoms with E-state index >= 15 is 0 Å². The first-order chi connectivity index (χ1) is 13.1. The number of carbonyl (C=O) groups is 2. The van der Waals surface area contributed by atoms with E-state index in [0.717, 1.165) is 10.8 Å². The second-order valence-corrected chi connectivity index (χ2v) is 6.05. The molecular weight excluding hydrogens is 344 g/mol. The summed E-state index contributed by atoms with van der Waals surface area (Å²) in [6.45, 7) is -0.530. The van der Waals surface area contributed by atoms with E-state index in [1.807, 2.05) is 30.3 Å². The number of rotatable bonds is 4. The summed E-state index contributed by atoms with van der Waals surface area (Å²) in [5.41, 5.74) is -0.156. The van der Waals surface area contributed by atoms with E-state index in [2.05, 4.69) is 0 Å². The molecule has 0 unspecified atom stereocenters. The van der Waals surface area contributed by atoms with Crippen molar-refractivity contribution in [1.82, 2.24) is 0 Å². The predicted octanol–water partition coefficient (Wildman–Crippen LogP) is 3.99. The van der Waals surface area contributed by atoms with Gasteiger partial charge in [-0.3, -0.25) is 4.79 Å². The van der Waals surface area contributed by atoms with Gasteiger partial charge in [0, 0.05) is 5.39 Å². The molecule has 0 saturated heterocycles. The van der Waals surface area contributed by atoms with Gasteiger partial charge in [-0.15, -0.1) is 0 Å². The topological polar surface area (TPSA) is 73.6 Å². The lowest BCUT2D eigenvalue weighted by molar-refractivity contribution is 0.0473. The van der Waals surface area contributed by atoms with Crippen molar-refractivity contribution in [2.75, 3.05) is 6.61 Å². The summed E-state index contributed by atoms with van der Waals surface area (Å²) in [4.78, 5) is 36.5. The number of hydrogen-bond acceptors (Lipinski definition) is 5. The monoisotopic (exact) mass is 358 g/mol. The number of Topliss-reactive ketones (excluding diaryl/α,β-unsaturated/α-hetero) is 1. The molecule has 0 aliphatic rings. The first kappa shape index (κ1) is 16.7. The molecule has 0 radical (unpaired) electrons. The molecule has 0 aliphatic heterocycles. The Morgan fingerprint density at radius 3 is 2.22 bits per heavy atom.